The highest BCUT2D eigenvalue weighted by molar-refractivity contribution is 9.10. The molecule has 3 aromatic rings. The van der Waals surface area contributed by atoms with Crippen molar-refractivity contribution in [3.63, 3.8) is 0 Å². The van der Waals surface area contributed by atoms with Crippen LogP contribution in [0.1, 0.15) is 35.1 Å². The van der Waals surface area contributed by atoms with Gasteiger partial charge in [-0.2, -0.15) is 0 Å². The van der Waals surface area contributed by atoms with Crippen LogP contribution in [-0.2, 0) is 0 Å². The number of halogens is 2. The molecule has 0 fully saturated rings. The summed E-state index contributed by atoms with van der Waals surface area (Å²) in [5.74, 6) is 0.615. The van der Waals surface area contributed by atoms with E-state index in [4.69, 9.17) is 21.1 Å². The highest BCUT2D eigenvalue weighted by Gasteiger charge is 2.21. The lowest BCUT2D eigenvalue weighted by Crippen LogP contribution is -2.30. The first kappa shape index (κ1) is 21.9. The second-order valence-corrected chi connectivity index (χ2v) is 7.83. The predicted molar refractivity (Wildman–Crippen MR) is 117 cm³/mol. The molecule has 156 valence electrons. The van der Waals surface area contributed by atoms with Gasteiger partial charge in [-0.25, -0.2) is 9.78 Å². The summed E-state index contributed by atoms with van der Waals surface area (Å²) in [6, 6.07) is 13.6. The third kappa shape index (κ3) is 6.08. The minimum Gasteiger partial charge on any atom is -0.465 e. The third-order valence-corrected chi connectivity index (χ3v) is 5.03. The number of hydrogen-bond acceptors (Lipinski definition) is 4. The van der Waals surface area contributed by atoms with Gasteiger partial charge in [-0.3, -0.25) is 4.79 Å². The standard InChI is InChI=1S/C21H19BrClN3O4/c22-15-4-1-3-14(11-15)19(27)26-17(5-2-10-24-21(28)29)20-25-12-18(30-20)13-6-8-16(23)9-7-13/h1,3-4,6-9,11-12,17,24H,2,5,10H2,(H,26,27)(H,28,29)/t17-/m0/s1. The summed E-state index contributed by atoms with van der Waals surface area (Å²) < 4.78 is 6.69. The van der Waals surface area contributed by atoms with Crippen molar-refractivity contribution in [2.24, 2.45) is 0 Å². The Hall–Kier alpha value is -2.84. The minimum absolute atomic E-state index is 0.253. The Morgan fingerprint density at radius 3 is 2.67 bits per heavy atom. The number of carboxylic acid groups (broad SMARTS) is 1. The van der Waals surface area contributed by atoms with Gasteiger partial charge in [0.2, 0.25) is 5.89 Å². The average Bonchev–Trinajstić information content (AvgIpc) is 3.20. The number of nitrogens with one attached hydrogen (secondary N) is 2. The number of oxazole rings is 1. The van der Waals surface area contributed by atoms with Crippen LogP contribution in [0.3, 0.4) is 0 Å². The van der Waals surface area contributed by atoms with E-state index in [9.17, 15) is 9.59 Å². The van der Waals surface area contributed by atoms with Crippen molar-refractivity contribution in [3.8, 4) is 11.3 Å². The van der Waals surface area contributed by atoms with E-state index < -0.39 is 12.1 Å². The van der Waals surface area contributed by atoms with E-state index in [-0.39, 0.29) is 12.5 Å². The first-order valence-electron chi connectivity index (χ1n) is 9.17. The Labute approximate surface area is 186 Å². The molecule has 9 heteroatoms. The minimum atomic E-state index is -1.09. The molecular weight excluding hydrogens is 474 g/mol. The Balaban J connectivity index is 1.77. The molecule has 0 bridgehead atoms. The van der Waals surface area contributed by atoms with Crippen molar-refractivity contribution >= 4 is 39.5 Å². The molecule has 2 amide bonds. The quantitative estimate of drug-likeness (QED) is 0.371. The molecule has 7 nitrogen and oxygen atoms in total. The van der Waals surface area contributed by atoms with Crippen molar-refractivity contribution in [1.29, 1.82) is 0 Å². The van der Waals surface area contributed by atoms with Gasteiger partial charge >= 0.3 is 6.09 Å². The van der Waals surface area contributed by atoms with E-state index >= 15 is 0 Å². The van der Waals surface area contributed by atoms with Gasteiger partial charge in [-0.15, -0.1) is 0 Å². The molecule has 30 heavy (non-hydrogen) atoms. The van der Waals surface area contributed by atoms with Gasteiger partial charge in [0.25, 0.3) is 5.91 Å². The fourth-order valence-electron chi connectivity index (χ4n) is 2.83. The molecule has 0 unspecified atom stereocenters. The monoisotopic (exact) mass is 491 g/mol. The van der Waals surface area contributed by atoms with E-state index in [0.29, 0.717) is 35.1 Å². The highest BCUT2D eigenvalue weighted by Crippen LogP contribution is 2.26. The molecule has 0 spiro atoms. The number of rotatable bonds is 8. The molecular formula is C21H19BrClN3O4. The third-order valence-electron chi connectivity index (χ3n) is 4.29. The molecule has 1 heterocycles. The van der Waals surface area contributed by atoms with E-state index in [0.717, 1.165) is 10.0 Å². The molecule has 0 aliphatic carbocycles. The molecule has 3 N–H and O–H groups in total. The summed E-state index contributed by atoms with van der Waals surface area (Å²) in [6.45, 7) is 0.253. The zero-order chi connectivity index (χ0) is 21.5. The fourth-order valence-corrected chi connectivity index (χ4v) is 3.35. The molecule has 1 atom stereocenters. The van der Waals surface area contributed by atoms with Crippen LogP contribution in [0.15, 0.2) is 63.6 Å². The molecule has 2 aromatic carbocycles. The fraction of sp³-hybridized carbons (Fsp3) is 0.190. The predicted octanol–water partition coefficient (Wildman–Crippen LogP) is 5.28. The number of nitrogens with zero attached hydrogens (tertiary/aromatic N) is 1. The van der Waals surface area contributed by atoms with Crippen molar-refractivity contribution in [2.45, 2.75) is 18.9 Å². The zero-order valence-corrected chi connectivity index (χ0v) is 18.1. The van der Waals surface area contributed by atoms with E-state index in [2.05, 4.69) is 31.5 Å². The number of aromatic nitrogens is 1. The van der Waals surface area contributed by atoms with Gasteiger partial charge in [-0.1, -0.05) is 33.6 Å². The van der Waals surface area contributed by atoms with Crippen molar-refractivity contribution < 1.29 is 19.1 Å². The smallest absolute Gasteiger partial charge is 0.404 e. The van der Waals surface area contributed by atoms with Gasteiger partial charge in [0.15, 0.2) is 5.76 Å². The van der Waals surface area contributed by atoms with Crippen LogP contribution in [-0.4, -0.2) is 28.6 Å². The second-order valence-electron chi connectivity index (χ2n) is 6.48. The van der Waals surface area contributed by atoms with E-state index in [1.807, 2.05) is 18.2 Å². The molecule has 3 rings (SSSR count). The topological polar surface area (TPSA) is 104 Å². The van der Waals surface area contributed by atoms with Crippen LogP contribution in [0.2, 0.25) is 5.02 Å². The van der Waals surface area contributed by atoms with Crippen LogP contribution in [0.4, 0.5) is 4.79 Å². The van der Waals surface area contributed by atoms with Crippen LogP contribution in [0.25, 0.3) is 11.3 Å². The first-order valence-corrected chi connectivity index (χ1v) is 10.3. The van der Waals surface area contributed by atoms with Gasteiger partial charge in [0.1, 0.15) is 6.04 Å². The second kappa shape index (κ2) is 10.3. The van der Waals surface area contributed by atoms with Crippen LogP contribution in [0, 0.1) is 0 Å². The summed E-state index contributed by atoms with van der Waals surface area (Å²) in [6.07, 6.45) is 1.44. The van der Waals surface area contributed by atoms with E-state index in [1.54, 1.807) is 36.5 Å². The summed E-state index contributed by atoms with van der Waals surface area (Å²) in [7, 11) is 0. The SMILES string of the molecule is O=C(O)NCCC[C@H](NC(=O)c1cccc(Br)c1)c1ncc(-c2ccc(Cl)cc2)o1. The summed E-state index contributed by atoms with van der Waals surface area (Å²) in [5.41, 5.74) is 1.30. The van der Waals surface area contributed by atoms with Gasteiger partial charge in [0.05, 0.1) is 6.20 Å². The maximum Gasteiger partial charge on any atom is 0.404 e. The Morgan fingerprint density at radius 2 is 1.97 bits per heavy atom. The maximum atomic E-state index is 12.7. The van der Waals surface area contributed by atoms with E-state index in [1.165, 1.54) is 0 Å². The molecule has 0 saturated carbocycles. The maximum absolute atomic E-state index is 12.7. The lowest BCUT2D eigenvalue weighted by Gasteiger charge is -2.16. The van der Waals surface area contributed by atoms with Crippen molar-refractivity contribution in [2.75, 3.05) is 6.54 Å². The van der Waals surface area contributed by atoms with Gasteiger partial charge in [0, 0.05) is 27.2 Å². The number of carbonyl (C=O) groups excluding carboxylic acids is 1. The molecule has 0 radical (unpaired) electrons. The van der Waals surface area contributed by atoms with Gasteiger partial charge in [-0.05, 0) is 55.3 Å². The highest BCUT2D eigenvalue weighted by atomic mass is 79.9. The average molecular weight is 493 g/mol. The molecule has 0 aliphatic rings. The Kier molecular flexibility index (Phi) is 7.48. The summed E-state index contributed by atoms with van der Waals surface area (Å²) in [4.78, 5) is 27.7. The normalized spacial score (nSPS) is 11.7. The summed E-state index contributed by atoms with van der Waals surface area (Å²) >= 11 is 9.29. The van der Waals surface area contributed by atoms with Gasteiger partial charge < -0.3 is 20.2 Å². The summed E-state index contributed by atoms with van der Waals surface area (Å²) in [5, 5.41) is 14.6. The number of amides is 2. The van der Waals surface area contributed by atoms with Crippen LogP contribution >= 0.6 is 27.5 Å². The number of hydrogen-bond donors (Lipinski definition) is 3. The Morgan fingerprint density at radius 1 is 1.20 bits per heavy atom. The molecule has 0 saturated heterocycles. The van der Waals surface area contributed by atoms with Crippen LogP contribution in [0.5, 0.6) is 0 Å². The Bertz CT molecular complexity index is 1020. The molecule has 1 aromatic heterocycles. The number of carbonyl (C=O) groups is 2. The van der Waals surface area contributed by atoms with Crippen molar-refractivity contribution in [1.82, 2.24) is 15.6 Å². The lowest BCUT2D eigenvalue weighted by atomic mass is 10.1. The largest absolute Gasteiger partial charge is 0.465 e. The first-order chi connectivity index (χ1) is 14.4. The van der Waals surface area contributed by atoms with Crippen LogP contribution < -0.4 is 10.6 Å². The lowest BCUT2D eigenvalue weighted by molar-refractivity contribution is 0.0927. The number of benzene rings is 2. The molecule has 0 aliphatic heterocycles. The zero-order valence-electron chi connectivity index (χ0n) is 15.8. The van der Waals surface area contributed by atoms with Crippen molar-refractivity contribution in [3.05, 3.63) is 75.7 Å².